The Kier molecular flexibility index (Phi) is 7.36. The molecule has 0 atom stereocenters. The van der Waals surface area contributed by atoms with Crippen molar-refractivity contribution in [2.75, 3.05) is 20.3 Å². The molecule has 0 radical (unpaired) electrons. The molecule has 0 aromatic heterocycles. The smallest absolute Gasteiger partial charge is 0.161 e. The van der Waals surface area contributed by atoms with Gasteiger partial charge in [-0.2, -0.15) is 0 Å². The molecule has 0 heterocycles. The summed E-state index contributed by atoms with van der Waals surface area (Å²) in [4.78, 5) is 0. The Balaban J connectivity index is 1.61. The van der Waals surface area contributed by atoms with E-state index in [0.29, 0.717) is 31.3 Å². The van der Waals surface area contributed by atoms with E-state index in [1.165, 1.54) is 0 Å². The summed E-state index contributed by atoms with van der Waals surface area (Å²) in [7, 11) is 1.65. The summed E-state index contributed by atoms with van der Waals surface area (Å²) < 4.78 is 22.9. The maximum atomic E-state index is 5.87. The van der Waals surface area contributed by atoms with Gasteiger partial charge in [-0.25, -0.2) is 0 Å². The van der Waals surface area contributed by atoms with Crippen LogP contribution in [-0.4, -0.2) is 25.9 Å². The molecule has 3 aromatic rings. The summed E-state index contributed by atoms with van der Waals surface area (Å²) in [5.41, 5.74) is 3.12. The van der Waals surface area contributed by atoms with E-state index in [9.17, 15) is 0 Å². The first-order valence-electron chi connectivity index (χ1n) is 10.2. The van der Waals surface area contributed by atoms with E-state index in [1.807, 2.05) is 81.4 Å². The fourth-order valence-corrected chi connectivity index (χ4v) is 2.95. The maximum Gasteiger partial charge on any atom is 0.161 e. The highest BCUT2D eigenvalue weighted by Gasteiger charge is 2.11. The summed E-state index contributed by atoms with van der Waals surface area (Å²) in [6.07, 6.45) is 0. The van der Waals surface area contributed by atoms with Gasteiger partial charge in [0, 0.05) is 0 Å². The van der Waals surface area contributed by atoms with Gasteiger partial charge in [-0.05, 0) is 61.7 Å². The van der Waals surface area contributed by atoms with Gasteiger partial charge in [-0.15, -0.1) is 0 Å². The van der Waals surface area contributed by atoms with Crippen molar-refractivity contribution in [3.05, 3.63) is 78.4 Å². The predicted octanol–water partition coefficient (Wildman–Crippen LogP) is 6.14. The SMILES string of the molecule is COc1cc(-c2ccc(OCc3ccccc3)cc2)ccc1OCCOC(C)(C)C. The highest BCUT2D eigenvalue weighted by atomic mass is 16.5. The van der Waals surface area contributed by atoms with Crippen LogP contribution in [0.1, 0.15) is 26.3 Å². The molecule has 158 valence electrons. The van der Waals surface area contributed by atoms with E-state index in [-0.39, 0.29) is 5.60 Å². The van der Waals surface area contributed by atoms with Crippen LogP contribution in [0.25, 0.3) is 11.1 Å². The van der Waals surface area contributed by atoms with E-state index in [1.54, 1.807) is 7.11 Å². The summed E-state index contributed by atoms with van der Waals surface area (Å²) in [5, 5.41) is 0. The Bertz CT molecular complexity index is 912. The lowest BCUT2D eigenvalue weighted by Crippen LogP contribution is -2.22. The van der Waals surface area contributed by atoms with Gasteiger partial charge < -0.3 is 18.9 Å². The molecular weight excluding hydrogens is 376 g/mol. The fourth-order valence-electron chi connectivity index (χ4n) is 2.95. The first kappa shape index (κ1) is 21.7. The number of hydrogen-bond donors (Lipinski definition) is 0. The minimum absolute atomic E-state index is 0.172. The third-order valence-electron chi connectivity index (χ3n) is 4.48. The molecule has 0 N–H and O–H groups in total. The van der Waals surface area contributed by atoms with Gasteiger partial charge in [0.25, 0.3) is 0 Å². The number of methoxy groups -OCH3 is 1. The second kappa shape index (κ2) is 10.2. The summed E-state index contributed by atoms with van der Waals surface area (Å²) in [6.45, 7) is 7.64. The molecule has 0 fully saturated rings. The maximum absolute atomic E-state index is 5.87. The Morgan fingerprint density at radius 1 is 0.700 bits per heavy atom. The molecule has 30 heavy (non-hydrogen) atoms. The van der Waals surface area contributed by atoms with Crippen LogP contribution in [0.5, 0.6) is 17.2 Å². The van der Waals surface area contributed by atoms with Crippen LogP contribution < -0.4 is 14.2 Å². The van der Waals surface area contributed by atoms with Crippen molar-refractivity contribution in [2.45, 2.75) is 33.0 Å². The van der Waals surface area contributed by atoms with Crippen LogP contribution in [-0.2, 0) is 11.3 Å². The molecule has 0 bridgehead atoms. The Morgan fingerprint density at radius 2 is 1.40 bits per heavy atom. The van der Waals surface area contributed by atoms with E-state index in [4.69, 9.17) is 18.9 Å². The molecule has 0 saturated carbocycles. The molecule has 4 heteroatoms. The third-order valence-corrected chi connectivity index (χ3v) is 4.48. The molecule has 0 aliphatic heterocycles. The van der Waals surface area contributed by atoms with Gasteiger partial charge in [0.2, 0.25) is 0 Å². The zero-order chi connectivity index (χ0) is 21.4. The molecule has 4 nitrogen and oxygen atoms in total. The van der Waals surface area contributed by atoms with Gasteiger partial charge in [0.15, 0.2) is 11.5 Å². The second-order valence-corrected chi connectivity index (χ2v) is 7.97. The number of rotatable bonds is 9. The predicted molar refractivity (Wildman–Crippen MR) is 120 cm³/mol. The number of hydrogen-bond acceptors (Lipinski definition) is 4. The fraction of sp³-hybridized carbons (Fsp3) is 0.308. The van der Waals surface area contributed by atoms with Gasteiger partial charge in [-0.1, -0.05) is 48.5 Å². The lowest BCUT2D eigenvalue weighted by molar-refractivity contribution is -0.0165. The largest absolute Gasteiger partial charge is 0.493 e. The lowest BCUT2D eigenvalue weighted by atomic mass is 10.0. The molecule has 0 unspecified atom stereocenters. The quantitative estimate of drug-likeness (QED) is 0.400. The van der Waals surface area contributed by atoms with Crippen LogP contribution in [0.15, 0.2) is 72.8 Å². The van der Waals surface area contributed by atoms with E-state index < -0.39 is 0 Å². The summed E-state index contributed by atoms with van der Waals surface area (Å²) in [5.74, 6) is 2.25. The van der Waals surface area contributed by atoms with Crippen LogP contribution in [0, 0.1) is 0 Å². The Morgan fingerprint density at radius 3 is 2.07 bits per heavy atom. The topological polar surface area (TPSA) is 36.9 Å². The third kappa shape index (κ3) is 6.53. The first-order chi connectivity index (χ1) is 14.4. The standard InChI is InChI=1S/C26H30O4/c1-26(2,3)30-17-16-28-24-15-12-22(18-25(24)27-4)21-10-13-23(14-11-21)29-19-20-8-6-5-7-9-20/h5-15,18H,16-17,19H2,1-4H3. The minimum atomic E-state index is -0.172. The first-order valence-corrected chi connectivity index (χ1v) is 10.2. The van der Waals surface area contributed by atoms with Gasteiger partial charge in [0.1, 0.15) is 19.0 Å². The average Bonchev–Trinajstić information content (AvgIpc) is 2.76. The molecule has 3 aromatic carbocycles. The molecule has 0 aliphatic carbocycles. The monoisotopic (exact) mass is 406 g/mol. The van der Waals surface area contributed by atoms with Crippen molar-refractivity contribution >= 4 is 0 Å². The Labute approximate surface area is 179 Å². The van der Waals surface area contributed by atoms with Gasteiger partial charge in [-0.3, -0.25) is 0 Å². The van der Waals surface area contributed by atoms with Gasteiger partial charge in [0.05, 0.1) is 19.3 Å². The molecule has 0 amide bonds. The van der Waals surface area contributed by atoms with Crippen molar-refractivity contribution in [1.82, 2.24) is 0 Å². The Hall–Kier alpha value is -2.98. The molecule has 0 aliphatic rings. The van der Waals surface area contributed by atoms with Crippen LogP contribution in [0.2, 0.25) is 0 Å². The molecule has 0 spiro atoms. The van der Waals surface area contributed by atoms with Crippen molar-refractivity contribution in [1.29, 1.82) is 0 Å². The van der Waals surface area contributed by atoms with Crippen molar-refractivity contribution in [3.8, 4) is 28.4 Å². The van der Waals surface area contributed by atoms with E-state index in [0.717, 1.165) is 22.4 Å². The zero-order valence-electron chi connectivity index (χ0n) is 18.2. The number of ether oxygens (including phenoxy) is 4. The molecule has 0 saturated heterocycles. The summed E-state index contributed by atoms with van der Waals surface area (Å²) >= 11 is 0. The molecule has 3 rings (SSSR count). The van der Waals surface area contributed by atoms with Crippen molar-refractivity contribution in [3.63, 3.8) is 0 Å². The van der Waals surface area contributed by atoms with Crippen LogP contribution in [0.4, 0.5) is 0 Å². The van der Waals surface area contributed by atoms with E-state index >= 15 is 0 Å². The second-order valence-electron chi connectivity index (χ2n) is 7.97. The van der Waals surface area contributed by atoms with Crippen LogP contribution >= 0.6 is 0 Å². The van der Waals surface area contributed by atoms with Crippen molar-refractivity contribution < 1.29 is 18.9 Å². The lowest BCUT2D eigenvalue weighted by Gasteiger charge is -2.20. The highest BCUT2D eigenvalue weighted by Crippen LogP contribution is 2.33. The molecular formula is C26H30O4. The van der Waals surface area contributed by atoms with Crippen molar-refractivity contribution in [2.24, 2.45) is 0 Å². The van der Waals surface area contributed by atoms with E-state index in [2.05, 4.69) is 12.1 Å². The van der Waals surface area contributed by atoms with Gasteiger partial charge >= 0.3 is 0 Å². The minimum Gasteiger partial charge on any atom is -0.493 e. The highest BCUT2D eigenvalue weighted by molar-refractivity contribution is 5.67. The normalized spacial score (nSPS) is 11.2. The summed E-state index contributed by atoms with van der Waals surface area (Å²) in [6, 6.07) is 24.2. The van der Waals surface area contributed by atoms with Crippen LogP contribution in [0.3, 0.4) is 0 Å². The zero-order valence-corrected chi connectivity index (χ0v) is 18.2. The number of benzene rings is 3. The average molecular weight is 407 g/mol.